The molecule has 3 aromatic rings. The summed E-state index contributed by atoms with van der Waals surface area (Å²) in [7, 11) is 0. The zero-order chi connectivity index (χ0) is 20.8. The van der Waals surface area contributed by atoms with Gasteiger partial charge in [0.1, 0.15) is 0 Å². The van der Waals surface area contributed by atoms with Crippen molar-refractivity contribution in [1.82, 2.24) is 4.98 Å². The molecular weight excluding hydrogens is 399 g/mol. The number of nitrogens with one attached hydrogen (secondary N) is 1. The van der Waals surface area contributed by atoms with Crippen LogP contribution in [0.4, 0.5) is 15.2 Å². The van der Waals surface area contributed by atoms with Gasteiger partial charge in [-0.3, -0.25) is 0 Å². The molecule has 4 nitrogen and oxygen atoms in total. The molecule has 0 radical (unpaired) electrons. The normalized spacial score (nSPS) is 14.6. The van der Waals surface area contributed by atoms with Crippen LogP contribution in [0.15, 0.2) is 47.8 Å². The Labute approximate surface area is 180 Å². The fraction of sp³-hybridized carbons (Fsp3) is 0.375. The summed E-state index contributed by atoms with van der Waals surface area (Å²) in [6.45, 7) is 0.738. The highest BCUT2D eigenvalue weighted by Crippen LogP contribution is 2.30. The van der Waals surface area contributed by atoms with Crippen LogP contribution in [-0.2, 0) is 6.42 Å². The second kappa shape index (κ2) is 10.0. The second-order valence-corrected chi connectivity index (χ2v) is 8.65. The van der Waals surface area contributed by atoms with Crippen LogP contribution in [0.25, 0.3) is 11.3 Å². The van der Waals surface area contributed by atoms with Crippen LogP contribution < -0.4 is 10.1 Å². The summed E-state index contributed by atoms with van der Waals surface area (Å²) in [6, 6.07) is 13.0. The lowest BCUT2D eigenvalue weighted by molar-refractivity contribution is 0.202. The first-order valence-electron chi connectivity index (χ1n) is 10.6. The second-order valence-electron chi connectivity index (χ2n) is 7.79. The number of rotatable bonds is 8. The smallest absolute Gasteiger partial charge is 0.187 e. The van der Waals surface area contributed by atoms with Crippen molar-refractivity contribution >= 4 is 22.2 Å². The standard InChI is InChI=1S/C24H27FN2O2S/c25-21-14-20(10-11-23(21)29-15-18-4-2-1-3-5-18)26-24-27-22(16-30-24)19-8-6-17(7-9-19)12-13-28/h6-11,14,16,18,28H,1-5,12-13,15H2,(H,26,27). The Balaban J connectivity index is 1.36. The number of nitrogens with zero attached hydrogens (tertiary/aromatic N) is 1. The molecule has 0 unspecified atom stereocenters. The molecule has 0 saturated heterocycles. The number of aliphatic hydroxyl groups excluding tert-OH is 1. The van der Waals surface area contributed by atoms with Crippen molar-refractivity contribution < 1.29 is 14.2 Å². The van der Waals surface area contributed by atoms with Crippen LogP contribution in [0.5, 0.6) is 5.75 Å². The van der Waals surface area contributed by atoms with E-state index in [4.69, 9.17) is 9.84 Å². The quantitative estimate of drug-likeness (QED) is 0.451. The largest absolute Gasteiger partial charge is 0.490 e. The van der Waals surface area contributed by atoms with Gasteiger partial charge in [-0.05, 0) is 42.9 Å². The number of halogens is 1. The maximum Gasteiger partial charge on any atom is 0.187 e. The molecule has 2 aromatic carbocycles. The number of hydrogen-bond donors (Lipinski definition) is 2. The molecule has 0 amide bonds. The Kier molecular flexibility index (Phi) is 6.97. The van der Waals surface area contributed by atoms with E-state index < -0.39 is 0 Å². The molecule has 0 bridgehead atoms. The minimum absolute atomic E-state index is 0.144. The van der Waals surface area contributed by atoms with Gasteiger partial charge in [-0.15, -0.1) is 11.3 Å². The summed E-state index contributed by atoms with van der Waals surface area (Å²) in [5.74, 6) is 0.503. The van der Waals surface area contributed by atoms with Gasteiger partial charge in [0.2, 0.25) is 0 Å². The first kappa shape index (κ1) is 20.8. The molecule has 0 spiro atoms. The molecule has 0 aliphatic heterocycles. The number of aromatic nitrogens is 1. The zero-order valence-electron chi connectivity index (χ0n) is 16.9. The van der Waals surface area contributed by atoms with Gasteiger partial charge in [0, 0.05) is 29.3 Å². The van der Waals surface area contributed by atoms with E-state index >= 15 is 0 Å². The molecule has 1 fully saturated rings. The SMILES string of the molecule is OCCc1ccc(-c2csc(Nc3ccc(OCC4CCCCC4)c(F)c3)n2)cc1. The van der Waals surface area contributed by atoms with Gasteiger partial charge in [0.25, 0.3) is 0 Å². The fourth-order valence-corrected chi connectivity index (χ4v) is 4.56. The molecule has 1 aliphatic rings. The lowest BCUT2D eigenvalue weighted by atomic mass is 9.90. The summed E-state index contributed by atoms with van der Waals surface area (Å²) >= 11 is 1.48. The third kappa shape index (κ3) is 5.37. The van der Waals surface area contributed by atoms with Crippen LogP contribution >= 0.6 is 11.3 Å². The molecule has 1 aliphatic carbocycles. The number of thiazole rings is 1. The lowest BCUT2D eigenvalue weighted by Gasteiger charge is -2.21. The summed E-state index contributed by atoms with van der Waals surface area (Å²) in [6.07, 6.45) is 6.81. The van der Waals surface area contributed by atoms with Gasteiger partial charge < -0.3 is 15.2 Å². The number of aliphatic hydroxyl groups is 1. The predicted octanol–water partition coefficient (Wildman–Crippen LogP) is 6.19. The first-order valence-corrected chi connectivity index (χ1v) is 11.4. The molecule has 30 heavy (non-hydrogen) atoms. The maximum absolute atomic E-state index is 14.5. The van der Waals surface area contributed by atoms with Gasteiger partial charge in [-0.25, -0.2) is 9.37 Å². The zero-order valence-corrected chi connectivity index (χ0v) is 17.8. The average molecular weight is 427 g/mol. The summed E-state index contributed by atoms with van der Waals surface area (Å²) in [4.78, 5) is 4.61. The van der Waals surface area contributed by atoms with Crippen LogP contribution in [0.3, 0.4) is 0 Å². The third-order valence-electron chi connectivity index (χ3n) is 5.54. The van der Waals surface area contributed by atoms with Gasteiger partial charge in [0.05, 0.1) is 12.3 Å². The average Bonchev–Trinajstić information content (AvgIpc) is 3.23. The highest BCUT2D eigenvalue weighted by Gasteiger charge is 2.15. The predicted molar refractivity (Wildman–Crippen MR) is 120 cm³/mol. The molecule has 1 aromatic heterocycles. The van der Waals surface area contributed by atoms with Gasteiger partial charge in [-0.1, -0.05) is 43.5 Å². The molecular formula is C24H27FN2O2S. The Hall–Kier alpha value is -2.44. The van der Waals surface area contributed by atoms with E-state index in [1.165, 1.54) is 49.5 Å². The highest BCUT2D eigenvalue weighted by molar-refractivity contribution is 7.14. The van der Waals surface area contributed by atoms with E-state index in [-0.39, 0.29) is 12.4 Å². The van der Waals surface area contributed by atoms with E-state index in [2.05, 4.69) is 10.3 Å². The fourth-order valence-electron chi connectivity index (χ4n) is 3.82. The number of hydrogen-bond acceptors (Lipinski definition) is 5. The van der Waals surface area contributed by atoms with E-state index in [1.54, 1.807) is 6.07 Å². The first-order chi connectivity index (χ1) is 14.7. The van der Waals surface area contributed by atoms with Gasteiger partial charge in [-0.2, -0.15) is 0 Å². The van der Waals surface area contributed by atoms with Crippen LogP contribution in [0.1, 0.15) is 37.7 Å². The van der Waals surface area contributed by atoms with Crippen molar-refractivity contribution in [2.24, 2.45) is 5.92 Å². The molecule has 2 N–H and O–H groups in total. The number of anilines is 2. The van der Waals surface area contributed by atoms with Crippen molar-refractivity contribution in [3.63, 3.8) is 0 Å². The third-order valence-corrected chi connectivity index (χ3v) is 6.29. The molecule has 0 atom stereocenters. The van der Waals surface area contributed by atoms with Crippen LogP contribution in [-0.4, -0.2) is 23.3 Å². The van der Waals surface area contributed by atoms with E-state index in [0.717, 1.165) is 16.8 Å². The lowest BCUT2D eigenvalue weighted by Crippen LogP contribution is -2.15. The molecule has 6 heteroatoms. The van der Waals surface area contributed by atoms with E-state index in [1.807, 2.05) is 35.7 Å². The summed E-state index contributed by atoms with van der Waals surface area (Å²) in [5.41, 5.74) is 3.62. The van der Waals surface area contributed by atoms with Crippen molar-refractivity contribution in [2.45, 2.75) is 38.5 Å². The Morgan fingerprint density at radius 2 is 1.90 bits per heavy atom. The molecule has 4 rings (SSSR count). The number of ether oxygens (including phenoxy) is 1. The number of benzene rings is 2. The summed E-state index contributed by atoms with van der Waals surface area (Å²) in [5, 5.41) is 14.9. The van der Waals surface area contributed by atoms with Crippen molar-refractivity contribution in [2.75, 3.05) is 18.5 Å². The summed E-state index contributed by atoms with van der Waals surface area (Å²) < 4.78 is 20.2. The van der Waals surface area contributed by atoms with Gasteiger partial charge >= 0.3 is 0 Å². The minimum Gasteiger partial charge on any atom is -0.490 e. The van der Waals surface area contributed by atoms with Crippen LogP contribution in [0.2, 0.25) is 0 Å². The monoisotopic (exact) mass is 426 g/mol. The van der Waals surface area contributed by atoms with E-state index in [0.29, 0.717) is 35.5 Å². The highest BCUT2D eigenvalue weighted by atomic mass is 32.1. The van der Waals surface area contributed by atoms with Crippen molar-refractivity contribution in [1.29, 1.82) is 0 Å². The maximum atomic E-state index is 14.5. The Morgan fingerprint density at radius 1 is 1.10 bits per heavy atom. The molecule has 158 valence electrons. The Morgan fingerprint density at radius 3 is 2.63 bits per heavy atom. The topological polar surface area (TPSA) is 54.4 Å². The molecule has 1 heterocycles. The minimum atomic E-state index is -0.355. The molecule has 1 saturated carbocycles. The van der Waals surface area contributed by atoms with Gasteiger partial charge in [0.15, 0.2) is 16.7 Å². The van der Waals surface area contributed by atoms with Crippen molar-refractivity contribution in [3.8, 4) is 17.0 Å². The van der Waals surface area contributed by atoms with Crippen LogP contribution in [0, 0.1) is 11.7 Å². The Bertz CT molecular complexity index is 952. The van der Waals surface area contributed by atoms with E-state index in [9.17, 15) is 4.39 Å². The van der Waals surface area contributed by atoms with Crippen molar-refractivity contribution in [3.05, 3.63) is 59.2 Å².